The second-order valence-electron chi connectivity index (χ2n) is 5.20. The number of H-pyrrole nitrogens is 1. The first-order valence-corrected chi connectivity index (χ1v) is 7.56. The molecule has 0 aliphatic carbocycles. The summed E-state index contributed by atoms with van der Waals surface area (Å²) in [5.41, 5.74) is 1.61. The number of piperidine rings is 1. The molecule has 0 radical (unpaired) electrons. The molecule has 102 valence electrons. The number of benzene rings is 1. The zero-order chi connectivity index (χ0) is 13.2. The molecule has 2 N–H and O–H groups in total. The van der Waals surface area contributed by atoms with E-state index >= 15 is 0 Å². The molecule has 0 spiro atoms. The fourth-order valence-corrected chi connectivity index (χ4v) is 3.02. The van der Waals surface area contributed by atoms with Crippen molar-refractivity contribution in [3.05, 3.63) is 28.2 Å². The van der Waals surface area contributed by atoms with Crippen LogP contribution in [0, 0.1) is 11.7 Å². The topological polar surface area (TPSA) is 40.7 Å². The van der Waals surface area contributed by atoms with Gasteiger partial charge in [0.2, 0.25) is 0 Å². The van der Waals surface area contributed by atoms with Gasteiger partial charge in [-0.3, -0.25) is 0 Å². The molecule has 0 atom stereocenters. The minimum Gasteiger partial charge on any atom is -0.342 e. The van der Waals surface area contributed by atoms with Crippen molar-refractivity contribution in [1.82, 2.24) is 15.3 Å². The van der Waals surface area contributed by atoms with Crippen molar-refractivity contribution in [2.24, 2.45) is 5.92 Å². The number of nitrogens with one attached hydrogen (secondary N) is 2. The number of imidazole rings is 1. The monoisotopic (exact) mass is 325 g/mol. The number of aryl methyl sites for hydroxylation is 1. The maximum atomic E-state index is 13.4. The van der Waals surface area contributed by atoms with Gasteiger partial charge in [-0.2, -0.15) is 0 Å². The number of fused-ring (bicyclic) bond motifs is 1. The van der Waals surface area contributed by atoms with E-state index in [0.717, 1.165) is 48.7 Å². The largest absolute Gasteiger partial charge is 0.342 e. The number of rotatable bonds is 3. The maximum absolute atomic E-state index is 13.4. The fraction of sp³-hybridized carbons (Fsp3) is 0.500. The van der Waals surface area contributed by atoms with E-state index in [4.69, 9.17) is 0 Å². The molecule has 1 aromatic carbocycles. The van der Waals surface area contributed by atoms with Crippen molar-refractivity contribution >= 4 is 27.0 Å². The number of aromatic nitrogens is 2. The normalized spacial score (nSPS) is 17.2. The molecule has 1 aliphatic rings. The Morgan fingerprint density at radius 2 is 2.11 bits per heavy atom. The summed E-state index contributed by atoms with van der Waals surface area (Å²) in [6.45, 7) is 2.26. The summed E-state index contributed by atoms with van der Waals surface area (Å²) in [6, 6.07) is 3.23. The van der Waals surface area contributed by atoms with Gasteiger partial charge in [-0.05, 0) is 60.3 Å². The van der Waals surface area contributed by atoms with Gasteiger partial charge in [-0.25, -0.2) is 9.37 Å². The molecule has 0 unspecified atom stereocenters. The molecular formula is C14H17BrFN3. The van der Waals surface area contributed by atoms with Crippen LogP contribution in [0.15, 0.2) is 16.6 Å². The lowest BCUT2D eigenvalue weighted by atomic mass is 9.93. The smallest absolute Gasteiger partial charge is 0.139 e. The molecule has 1 aliphatic heterocycles. The van der Waals surface area contributed by atoms with E-state index in [1.807, 2.05) is 0 Å². The quantitative estimate of drug-likeness (QED) is 0.908. The Bertz CT molecular complexity index is 536. The highest BCUT2D eigenvalue weighted by atomic mass is 79.9. The molecule has 1 saturated heterocycles. The first-order valence-electron chi connectivity index (χ1n) is 6.77. The van der Waals surface area contributed by atoms with Gasteiger partial charge in [0.05, 0.1) is 15.5 Å². The number of halogens is 2. The zero-order valence-electron chi connectivity index (χ0n) is 10.7. The molecule has 0 amide bonds. The lowest BCUT2D eigenvalue weighted by Gasteiger charge is -2.21. The van der Waals surface area contributed by atoms with Crippen LogP contribution in [0.1, 0.15) is 25.1 Å². The highest BCUT2D eigenvalue weighted by Gasteiger charge is 2.14. The zero-order valence-corrected chi connectivity index (χ0v) is 12.3. The second-order valence-corrected chi connectivity index (χ2v) is 6.05. The fourth-order valence-electron chi connectivity index (χ4n) is 2.69. The van der Waals surface area contributed by atoms with Crippen molar-refractivity contribution in [2.45, 2.75) is 25.7 Å². The van der Waals surface area contributed by atoms with Crippen molar-refractivity contribution in [2.75, 3.05) is 13.1 Å². The van der Waals surface area contributed by atoms with Gasteiger partial charge in [0.1, 0.15) is 11.6 Å². The van der Waals surface area contributed by atoms with E-state index < -0.39 is 0 Å². The van der Waals surface area contributed by atoms with E-state index in [0.29, 0.717) is 4.47 Å². The Morgan fingerprint density at radius 1 is 1.32 bits per heavy atom. The van der Waals surface area contributed by atoms with E-state index in [1.54, 1.807) is 6.07 Å². The maximum Gasteiger partial charge on any atom is 0.139 e. The first kappa shape index (κ1) is 13.1. The van der Waals surface area contributed by atoms with E-state index in [2.05, 4.69) is 31.2 Å². The van der Waals surface area contributed by atoms with Gasteiger partial charge in [0.15, 0.2) is 0 Å². The van der Waals surface area contributed by atoms with Crippen LogP contribution in [-0.4, -0.2) is 23.1 Å². The molecule has 3 nitrogen and oxygen atoms in total. The Hall–Kier alpha value is -0.940. The lowest BCUT2D eigenvalue weighted by Crippen LogP contribution is -2.27. The third-order valence-electron chi connectivity index (χ3n) is 3.82. The van der Waals surface area contributed by atoms with Gasteiger partial charge >= 0.3 is 0 Å². The first-order chi connectivity index (χ1) is 9.22. The molecule has 19 heavy (non-hydrogen) atoms. The lowest BCUT2D eigenvalue weighted by molar-refractivity contribution is 0.352. The molecular weight excluding hydrogens is 309 g/mol. The molecule has 0 bridgehead atoms. The highest BCUT2D eigenvalue weighted by Crippen LogP contribution is 2.23. The van der Waals surface area contributed by atoms with Gasteiger partial charge in [0.25, 0.3) is 0 Å². The van der Waals surface area contributed by atoms with Crippen LogP contribution < -0.4 is 5.32 Å². The van der Waals surface area contributed by atoms with Crippen molar-refractivity contribution in [1.29, 1.82) is 0 Å². The second kappa shape index (κ2) is 5.59. The van der Waals surface area contributed by atoms with Crippen molar-refractivity contribution < 1.29 is 4.39 Å². The summed E-state index contributed by atoms with van der Waals surface area (Å²) in [7, 11) is 0. The van der Waals surface area contributed by atoms with E-state index in [1.165, 1.54) is 18.9 Å². The standard InChI is InChI=1S/C14H17BrFN3/c15-10-7-12-13(8-11(10)16)19-14(18-12)2-1-9-3-5-17-6-4-9/h7-9,17H,1-6H2,(H,18,19). The number of nitrogens with zero attached hydrogens (tertiary/aromatic N) is 1. The highest BCUT2D eigenvalue weighted by molar-refractivity contribution is 9.10. The van der Waals surface area contributed by atoms with Crippen LogP contribution in [0.2, 0.25) is 0 Å². The average Bonchev–Trinajstić information content (AvgIpc) is 2.80. The van der Waals surface area contributed by atoms with Crippen LogP contribution in [0.3, 0.4) is 0 Å². The number of aromatic amines is 1. The van der Waals surface area contributed by atoms with Crippen LogP contribution in [0.4, 0.5) is 4.39 Å². The summed E-state index contributed by atoms with van der Waals surface area (Å²) >= 11 is 3.19. The summed E-state index contributed by atoms with van der Waals surface area (Å²) in [5.74, 6) is 1.50. The van der Waals surface area contributed by atoms with Crippen molar-refractivity contribution in [3.8, 4) is 0 Å². The van der Waals surface area contributed by atoms with Crippen LogP contribution >= 0.6 is 15.9 Å². The van der Waals surface area contributed by atoms with Gasteiger partial charge in [0, 0.05) is 12.5 Å². The van der Waals surface area contributed by atoms with Gasteiger partial charge in [-0.15, -0.1) is 0 Å². The third kappa shape index (κ3) is 2.98. The minimum atomic E-state index is -0.249. The predicted molar refractivity (Wildman–Crippen MR) is 77.7 cm³/mol. The summed E-state index contributed by atoms with van der Waals surface area (Å²) in [6.07, 6.45) is 4.60. The molecule has 1 aromatic heterocycles. The van der Waals surface area contributed by atoms with Crippen LogP contribution in [-0.2, 0) is 6.42 Å². The molecule has 3 rings (SSSR count). The third-order valence-corrected chi connectivity index (χ3v) is 4.43. The Labute approximate surface area is 120 Å². The Morgan fingerprint density at radius 3 is 2.89 bits per heavy atom. The van der Waals surface area contributed by atoms with E-state index in [-0.39, 0.29) is 5.82 Å². The summed E-state index contributed by atoms with van der Waals surface area (Å²) < 4.78 is 13.9. The number of hydrogen-bond acceptors (Lipinski definition) is 2. The Balaban J connectivity index is 1.70. The summed E-state index contributed by atoms with van der Waals surface area (Å²) in [5, 5.41) is 3.38. The van der Waals surface area contributed by atoms with Crippen molar-refractivity contribution in [3.63, 3.8) is 0 Å². The van der Waals surface area contributed by atoms with Gasteiger partial charge < -0.3 is 10.3 Å². The molecule has 5 heteroatoms. The minimum absolute atomic E-state index is 0.249. The molecule has 0 saturated carbocycles. The Kier molecular flexibility index (Phi) is 3.84. The van der Waals surface area contributed by atoms with Crippen LogP contribution in [0.25, 0.3) is 11.0 Å². The summed E-state index contributed by atoms with van der Waals surface area (Å²) in [4.78, 5) is 7.75. The molecule has 2 heterocycles. The molecule has 1 fully saturated rings. The number of hydrogen-bond donors (Lipinski definition) is 2. The van der Waals surface area contributed by atoms with Gasteiger partial charge in [-0.1, -0.05) is 0 Å². The van der Waals surface area contributed by atoms with Crippen LogP contribution in [0.5, 0.6) is 0 Å². The molecule has 2 aromatic rings. The van der Waals surface area contributed by atoms with E-state index in [9.17, 15) is 4.39 Å². The SMILES string of the molecule is Fc1cc2[nH]c(CCC3CCNCC3)nc2cc1Br. The average molecular weight is 326 g/mol. The predicted octanol–water partition coefficient (Wildman–Crippen LogP) is 3.40.